The molecule has 0 radical (unpaired) electrons. The zero-order valence-corrected chi connectivity index (χ0v) is 14.6. The van der Waals surface area contributed by atoms with Crippen molar-refractivity contribution in [2.75, 3.05) is 13.7 Å². The minimum Gasteiger partial charge on any atom is -0.504 e. The molecule has 4 N–H and O–H groups in total. The van der Waals surface area contributed by atoms with Crippen molar-refractivity contribution in [1.82, 2.24) is 5.32 Å². The number of aromatic hydroxyl groups is 1. The van der Waals surface area contributed by atoms with Crippen molar-refractivity contribution in [3.63, 3.8) is 0 Å². The number of ether oxygens (including phenoxy) is 2. The minimum absolute atomic E-state index is 0.0712. The van der Waals surface area contributed by atoms with Crippen LogP contribution < -0.4 is 20.5 Å². The van der Waals surface area contributed by atoms with Gasteiger partial charge in [0.1, 0.15) is 5.75 Å². The summed E-state index contributed by atoms with van der Waals surface area (Å²) < 4.78 is 45.2. The molecule has 2 rings (SSSR count). The summed E-state index contributed by atoms with van der Waals surface area (Å²) in [6.45, 7) is 0.736. The van der Waals surface area contributed by atoms with E-state index in [-0.39, 0.29) is 24.0 Å². The molecule has 27 heavy (non-hydrogen) atoms. The minimum atomic E-state index is -4.71. The maximum absolute atomic E-state index is 12.1. The maximum atomic E-state index is 12.1. The van der Waals surface area contributed by atoms with Crippen molar-refractivity contribution in [3.05, 3.63) is 53.6 Å². The summed E-state index contributed by atoms with van der Waals surface area (Å²) in [6, 6.07) is 10.5. The maximum Gasteiger partial charge on any atom is 0.573 e. The average molecular weight is 383 g/mol. The number of phenols is 1. The van der Waals surface area contributed by atoms with Crippen LogP contribution in [0, 0.1) is 0 Å². The van der Waals surface area contributed by atoms with Crippen molar-refractivity contribution in [1.29, 1.82) is 0 Å². The van der Waals surface area contributed by atoms with Crippen LogP contribution in [0.25, 0.3) is 0 Å². The van der Waals surface area contributed by atoms with Gasteiger partial charge in [0.2, 0.25) is 0 Å². The quantitative estimate of drug-likeness (QED) is 0.505. The highest BCUT2D eigenvalue weighted by atomic mass is 19.4. The highest BCUT2D eigenvalue weighted by Crippen LogP contribution is 2.26. The third-order valence-electron chi connectivity index (χ3n) is 3.55. The van der Waals surface area contributed by atoms with E-state index in [0.29, 0.717) is 24.3 Å². The number of benzene rings is 2. The largest absolute Gasteiger partial charge is 0.573 e. The van der Waals surface area contributed by atoms with Gasteiger partial charge in [0.15, 0.2) is 17.5 Å². The standard InChI is InChI=1S/C18H20F3N3O3/c1-26-16-10-12(4-7-15(16)25)8-9-23-17(22)24-11-13-2-5-14(6-3-13)27-18(19,20)21/h2-7,10,25H,8-9,11H2,1H3,(H3,22,23,24). The topological polar surface area (TPSA) is 89.1 Å². The molecule has 0 aliphatic rings. The first-order valence-electron chi connectivity index (χ1n) is 8.01. The lowest BCUT2D eigenvalue weighted by molar-refractivity contribution is -0.274. The van der Waals surface area contributed by atoms with Crippen LogP contribution in [0.3, 0.4) is 0 Å². The Morgan fingerprint density at radius 3 is 2.44 bits per heavy atom. The average Bonchev–Trinajstić information content (AvgIpc) is 2.61. The van der Waals surface area contributed by atoms with Gasteiger partial charge in [0, 0.05) is 6.54 Å². The second-order valence-electron chi connectivity index (χ2n) is 5.58. The first-order chi connectivity index (χ1) is 12.8. The summed E-state index contributed by atoms with van der Waals surface area (Å²) in [5.41, 5.74) is 7.42. The molecule has 0 aliphatic heterocycles. The molecule has 2 aromatic rings. The molecular weight excluding hydrogens is 363 g/mol. The number of alkyl halides is 3. The van der Waals surface area contributed by atoms with Gasteiger partial charge in [0.05, 0.1) is 13.7 Å². The van der Waals surface area contributed by atoms with Crippen molar-refractivity contribution in [2.45, 2.75) is 19.3 Å². The molecule has 0 aromatic heterocycles. The summed E-state index contributed by atoms with van der Waals surface area (Å²) >= 11 is 0. The number of guanidine groups is 1. The van der Waals surface area contributed by atoms with Crippen molar-refractivity contribution in [3.8, 4) is 17.2 Å². The molecule has 0 atom stereocenters. The molecule has 2 aromatic carbocycles. The third-order valence-corrected chi connectivity index (χ3v) is 3.55. The Balaban J connectivity index is 1.80. The van der Waals surface area contributed by atoms with E-state index in [1.165, 1.54) is 31.4 Å². The molecule has 0 saturated heterocycles. The number of rotatable bonds is 7. The Morgan fingerprint density at radius 1 is 1.15 bits per heavy atom. The molecule has 0 aliphatic carbocycles. The smallest absolute Gasteiger partial charge is 0.504 e. The Hall–Kier alpha value is -3.10. The Morgan fingerprint density at radius 2 is 1.81 bits per heavy atom. The van der Waals surface area contributed by atoms with Gasteiger partial charge in [-0.05, 0) is 41.8 Å². The van der Waals surface area contributed by atoms with Crippen LogP contribution in [0.5, 0.6) is 17.2 Å². The summed E-state index contributed by atoms with van der Waals surface area (Å²) in [7, 11) is 1.48. The lowest BCUT2D eigenvalue weighted by Crippen LogP contribution is -2.33. The van der Waals surface area contributed by atoms with E-state index >= 15 is 0 Å². The second kappa shape index (κ2) is 9.02. The molecule has 0 amide bonds. The molecule has 0 fully saturated rings. The molecule has 0 unspecified atom stereocenters. The van der Waals surface area contributed by atoms with Gasteiger partial charge < -0.3 is 25.6 Å². The normalized spacial score (nSPS) is 11.9. The summed E-state index contributed by atoms with van der Waals surface area (Å²) in [4.78, 5) is 4.13. The zero-order valence-electron chi connectivity index (χ0n) is 14.6. The fourth-order valence-electron chi connectivity index (χ4n) is 2.24. The van der Waals surface area contributed by atoms with Crippen LogP contribution in [-0.2, 0) is 13.0 Å². The van der Waals surface area contributed by atoms with E-state index < -0.39 is 6.36 Å². The zero-order chi connectivity index (χ0) is 19.9. The number of nitrogens with one attached hydrogen (secondary N) is 1. The van der Waals surface area contributed by atoms with Crippen molar-refractivity contribution in [2.24, 2.45) is 10.7 Å². The van der Waals surface area contributed by atoms with Crippen molar-refractivity contribution < 1.29 is 27.8 Å². The van der Waals surface area contributed by atoms with Crippen LogP contribution >= 0.6 is 0 Å². The van der Waals surface area contributed by atoms with E-state index in [4.69, 9.17) is 10.5 Å². The number of hydrogen-bond donors (Lipinski definition) is 3. The summed E-state index contributed by atoms with van der Waals surface area (Å²) in [5, 5.41) is 12.5. The van der Waals surface area contributed by atoms with E-state index in [1.54, 1.807) is 18.2 Å². The van der Waals surface area contributed by atoms with E-state index in [0.717, 1.165) is 5.56 Å². The molecule has 146 valence electrons. The number of phenolic OH excluding ortho intramolecular Hbond substituents is 1. The summed E-state index contributed by atoms with van der Waals surface area (Å²) in [6.07, 6.45) is -4.08. The lowest BCUT2D eigenvalue weighted by atomic mass is 10.1. The third kappa shape index (κ3) is 6.96. The SMILES string of the molecule is COc1cc(CCNC(N)=NCc2ccc(OC(F)(F)F)cc2)ccc1O. The van der Waals surface area contributed by atoms with Crippen LogP contribution in [-0.4, -0.2) is 31.1 Å². The number of halogens is 3. The molecular formula is C18H20F3N3O3. The van der Waals surface area contributed by atoms with Gasteiger partial charge in [-0.1, -0.05) is 18.2 Å². The monoisotopic (exact) mass is 383 g/mol. The van der Waals surface area contributed by atoms with E-state index in [2.05, 4.69) is 15.0 Å². The molecule has 6 nitrogen and oxygen atoms in total. The van der Waals surface area contributed by atoms with Gasteiger partial charge in [-0.3, -0.25) is 0 Å². The Labute approximate surface area is 154 Å². The van der Waals surface area contributed by atoms with Crippen LogP contribution in [0.15, 0.2) is 47.5 Å². The molecule has 0 bridgehead atoms. The van der Waals surface area contributed by atoms with Gasteiger partial charge in [-0.2, -0.15) is 0 Å². The fourth-order valence-corrected chi connectivity index (χ4v) is 2.24. The molecule has 0 spiro atoms. The van der Waals surface area contributed by atoms with Crippen LogP contribution in [0.4, 0.5) is 13.2 Å². The molecule has 9 heteroatoms. The number of hydrogen-bond acceptors (Lipinski definition) is 4. The highest BCUT2D eigenvalue weighted by molar-refractivity contribution is 5.77. The second-order valence-corrected chi connectivity index (χ2v) is 5.58. The van der Waals surface area contributed by atoms with E-state index in [1.807, 2.05) is 0 Å². The lowest BCUT2D eigenvalue weighted by Gasteiger charge is -2.09. The van der Waals surface area contributed by atoms with Crippen LogP contribution in [0.1, 0.15) is 11.1 Å². The molecule has 0 saturated carbocycles. The first kappa shape index (κ1) is 20.2. The number of nitrogens with zero attached hydrogens (tertiary/aromatic N) is 1. The van der Waals surface area contributed by atoms with Gasteiger partial charge >= 0.3 is 6.36 Å². The predicted molar refractivity (Wildman–Crippen MR) is 94.8 cm³/mol. The number of nitrogens with two attached hydrogens (primary N) is 1. The highest BCUT2D eigenvalue weighted by Gasteiger charge is 2.30. The van der Waals surface area contributed by atoms with E-state index in [9.17, 15) is 18.3 Å². The first-order valence-corrected chi connectivity index (χ1v) is 8.01. The van der Waals surface area contributed by atoms with Crippen molar-refractivity contribution >= 4 is 5.96 Å². The molecule has 0 heterocycles. The predicted octanol–water partition coefficient (Wildman–Crippen LogP) is 2.95. The van der Waals surface area contributed by atoms with Gasteiger partial charge in [-0.25, -0.2) is 4.99 Å². The number of methoxy groups -OCH3 is 1. The number of aliphatic imine (C=N–C) groups is 1. The fraction of sp³-hybridized carbons (Fsp3) is 0.278. The Bertz CT molecular complexity index is 778. The summed E-state index contributed by atoms with van der Waals surface area (Å²) in [5.74, 6) is 0.399. The van der Waals surface area contributed by atoms with Gasteiger partial charge in [-0.15, -0.1) is 13.2 Å². The van der Waals surface area contributed by atoms with Crippen LogP contribution in [0.2, 0.25) is 0 Å². The Kier molecular flexibility index (Phi) is 6.75. The van der Waals surface area contributed by atoms with Gasteiger partial charge in [0.25, 0.3) is 0 Å².